The fraction of sp³-hybridized carbons (Fsp3) is 0.200. The van der Waals surface area contributed by atoms with Crippen molar-refractivity contribution in [1.82, 2.24) is 4.98 Å². The lowest BCUT2D eigenvalue weighted by molar-refractivity contribution is -0.137. The zero-order valence-corrected chi connectivity index (χ0v) is 12.8. The molecule has 0 radical (unpaired) electrons. The minimum absolute atomic E-state index is 0.0190. The van der Waals surface area contributed by atoms with Gasteiger partial charge in [-0.15, -0.1) is 0 Å². The SMILES string of the molecule is COC(=O)c1cnc(Cl)cc1-c1cc(C(F)(F)F)ccc1OC. The Morgan fingerprint density at radius 2 is 1.87 bits per heavy atom. The molecule has 122 valence electrons. The van der Waals surface area contributed by atoms with E-state index >= 15 is 0 Å². The van der Waals surface area contributed by atoms with Crippen LogP contribution in [-0.4, -0.2) is 25.2 Å². The number of pyridine rings is 1. The van der Waals surface area contributed by atoms with Gasteiger partial charge in [-0.05, 0) is 24.3 Å². The van der Waals surface area contributed by atoms with Crippen LogP contribution in [0.1, 0.15) is 15.9 Å². The second-order valence-corrected chi connectivity index (χ2v) is 4.84. The molecular formula is C15H11ClF3NO3. The van der Waals surface area contributed by atoms with E-state index in [0.717, 1.165) is 25.4 Å². The molecular weight excluding hydrogens is 335 g/mol. The van der Waals surface area contributed by atoms with Gasteiger partial charge in [0.15, 0.2) is 0 Å². The van der Waals surface area contributed by atoms with Crippen molar-refractivity contribution < 1.29 is 27.4 Å². The molecule has 0 atom stereocenters. The second-order valence-electron chi connectivity index (χ2n) is 4.46. The van der Waals surface area contributed by atoms with Crippen LogP contribution in [0.2, 0.25) is 5.15 Å². The number of ether oxygens (including phenoxy) is 2. The van der Waals surface area contributed by atoms with E-state index in [1.807, 2.05) is 0 Å². The number of hydrogen-bond acceptors (Lipinski definition) is 4. The standard InChI is InChI=1S/C15H11ClF3NO3/c1-22-12-4-3-8(15(17,18)19)5-10(12)9-6-13(16)20-7-11(9)14(21)23-2/h3-7H,1-2H3. The fourth-order valence-electron chi connectivity index (χ4n) is 2.02. The first-order valence-electron chi connectivity index (χ1n) is 6.27. The number of carbonyl (C=O) groups excluding carboxylic acids is 1. The summed E-state index contributed by atoms with van der Waals surface area (Å²) < 4.78 is 48.6. The van der Waals surface area contributed by atoms with E-state index in [1.165, 1.54) is 19.2 Å². The van der Waals surface area contributed by atoms with E-state index in [9.17, 15) is 18.0 Å². The van der Waals surface area contributed by atoms with Gasteiger partial charge < -0.3 is 9.47 Å². The normalized spacial score (nSPS) is 11.2. The molecule has 0 aliphatic rings. The third-order valence-electron chi connectivity index (χ3n) is 3.09. The van der Waals surface area contributed by atoms with E-state index in [0.29, 0.717) is 0 Å². The molecule has 23 heavy (non-hydrogen) atoms. The molecule has 0 aliphatic heterocycles. The maximum absolute atomic E-state index is 13.0. The lowest BCUT2D eigenvalue weighted by Crippen LogP contribution is -2.08. The first-order chi connectivity index (χ1) is 10.8. The van der Waals surface area contributed by atoms with Crippen molar-refractivity contribution in [3.63, 3.8) is 0 Å². The third-order valence-corrected chi connectivity index (χ3v) is 3.30. The largest absolute Gasteiger partial charge is 0.496 e. The fourth-order valence-corrected chi connectivity index (χ4v) is 2.18. The average molecular weight is 346 g/mol. The molecule has 0 amide bonds. The molecule has 0 bridgehead atoms. The van der Waals surface area contributed by atoms with Gasteiger partial charge in [0.05, 0.1) is 25.3 Å². The summed E-state index contributed by atoms with van der Waals surface area (Å²) in [6, 6.07) is 4.24. The zero-order valence-electron chi connectivity index (χ0n) is 12.1. The van der Waals surface area contributed by atoms with Crippen molar-refractivity contribution in [2.75, 3.05) is 14.2 Å². The molecule has 0 saturated heterocycles. The Morgan fingerprint density at radius 3 is 2.43 bits per heavy atom. The van der Waals surface area contributed by atoms with E-state index in [2.05, 4.69) is 9.72 Å². The van der Waals surface area contributed by atoms with Crippen molar-refractivity contribution >= 4 is 17.6 Å². The molecule has 1 aromatic heterocycles. The molecule has 2 rings (SSSR count). The van der Waals surface area contributed by atoms with Crippen molar-refractivity contribution in [3.8, 4) is 16.9 Å². The lowest BCUT2D eigenvalue weighted by Gasteiger charge is -2.15. The van der Waals surface area contributed by atoms with Gasteiger partial charge in [-0.2, -0.15) is 13.2 Å². The minimum atomic E-state index is -4.54. The summed E-state index contributed by atoms with van der Waals surface area (Å²) >= 11 is 5.81. The predicted molar refractivity (Wildman–Crippen MR) is 77.6 cm³/mol. The molecule has 1 aromatic carbocycles. The Hall–Kier alpha value is -2.28. The Balaban J connectivity index is 2.74. The summed E-state index contributed by atoms with van der Waals surface area (Å²) in [6.45, 7) is 0. The van der Waals surface area contributed by atoms with Crippen molar-refractivity contribution in [3.05, 3.63) is 46.7 Å². The Bertz CT molecular complexity index is 747. The Kier molecular flexibility index (Phi) is 4.79. The summed E-state index contributed by atoms with van der Waals surface area (Å²) in [5.41, 5.74) is -0.696. The first-order valence-corrected chi connectivity index (χ1v) is 6.65. The Morgan fingerprint density at radius 1 is 1.17 bits per heavy atom. The summed E-state index contributed by atoms with van der Waals surface area (Å²) in [6.07, 6.45) is -3.40. The lowest BCUT2D eigenvalue weighted by atomic mass is 9.98. The van der Waals surface area contributed by atoms with Crippen LogP contribution in [0.15, 0.2) is 30.5 Å². The number of benzene rings is 1. The van der Waals surface area contributed by atoms with Crippen LogP contribution in [0.4, 0.5) is 13.2 Å². The van der Waals surface area contributed by atoms with E-state index in [-0.39, 0.29) is 27.6 Å². The molecule has 0 unspecified atom stereocenters. The number of esters is 1. The van der Waals surface area contributed by atoms with Crippen molar-refractivity contribution in [2.24, 2.45) is 0 Å². The number of carbonyl (C=O) groups is 1. The van der Waals surface area contributed by atoms with Crippen LogP contribution in [0.25, 0.3) is 11.1 Å². The van der Waals surface area contributed by atoms with Crippen LogP contribution in [0, 0.1) is 0 Å². The quantitative estimate of drug-likeness (QED) is 0.617. The van der Waals surface area contributed by atoms with Gasteiger partial charge in [0.2, 0.25) is 0 Å². The van der Waals surface area contributed by atoms with E-state index in [4.69, 9.17) is 16.3 Å². The van der Waals surface area contributed by atoms with Gasteiger partial charge in [-0.3, -0.25) is 0 Å². The highest BCUT2D eigenvalue weighted by Gasteiger charge is 2.32. The Labute approximate surface area is 134 Å². The molecule has 0 spiro atoms. The van der Waals surface area contributed by atoms with E-state index in [1.54, 1.807) is 0 Å². The molecule has 2 aromatic rings. The third kappa shape index (κ3) is 3.56. The second kappa shape index (κ2) is 6.45. The summed E-state index contributed by atoms with van der Waals surface area (Å²) in [4.78, 5) is 15.6. The monoisotopic (exact) mass is 345 g/mol. The summed E-state index contributed by atoms with van der Waals surface area (Å²) in [5, 5.41) is 0.0205. The molecule has 4 nitrogen and oxygen atoms in total. The van der Waals surface area contributed by atoms with Gasteiger partial charge in [0, 0.05) is 17.3 Å². The first kappa shape index (κ1) is 17.1. The van der Waals surface area contributed by atoms with Crippen LogP contribution >= 0.6 is 11.6 Å². The maximum Gasteiger partial charge on any atom is 0.416 e. The van der Waals surface area contributed by atoms with Gasteiger partial charge in [-0.1, -0.05) is 11.6 Å². The van der Waals surface area contributed by atoms with Gasteiger partial charge in [0.1, 0.15) is 10.9 Å². The van der Waals surface area contributed by atoms with Gasteiger partial charge in [0.25, 0.3) is 0 Å². The summed E-state index contributed by atoms with van der Waals surface area (Å²) in [7, 11) is 2.47. The van der Waals surface area contributed by atoms with Gasteiger partial charge in [-0.25, -0.2) is 9.78 Å². The molecule has 1 heterocycles. The number of nitrogens with zero attached hydrogens (tertiary/aromatic N) is 1. The van der Waals surface area contributed by atoms with E-state index < -0.39 is 17.7 Å². The number of aromatic nitrogens is 1. The summed E-state index contributed by atoms with van der Waals surface area (Å²) in [5.74, 6) is -0.589. The smallest absolute Gasteiger partial charge is 0.416 e. The van der Waals surface area contributed by atoms with Crippen LogP contribution in [0.5, 0.6) is 5.75 Å². The maximum atomic E-state index is 13.0. The predicted octanol–water partition coefficient (Wildman–Crippen LogP) is 4.22. The van der Waals surface area contributed by atoms with Gasteiger partial charge >= 0.3 is 12.1 Å². The highest BCUT2D eigenvalue weighted by molar-refractivity contribution is 6.29. The topological polar surface area (TPSA) is 48.4 Å². The van der Waals surface area contributed by atoms with Crippen LogP contribution < -0.4 is 4.74 Å². The number of rotatable bonds is 3. The average Bonchev–Trinajstić information content (AvgIpc) is 2.52. The highest BCUT2D eigenvalue weighted by Crippen LogP contribution is 2.39. The molecule has 0 saturated carbocycles. The number of hydrogen-bond donors (Lipinski definition) is 0. The van der Waals surface area contributed by atoms with Crippen molar-refractivity contribution in [1.29, 1.82) is 0 Å². The van der Waals surface area contributed by atoms with Crippen LogP contribution in [0.3, 0.4) is 0 Å². The number of alkyl halides is 3. The zero-order chi connectivity index (χ0) is 17.2. The van der Waals surface area contributed by atoms with Crippen molar-refractivity contribution in [2.45, 2.75) is 6.18 Å². The molecule has 0 aliphatic carbocycles. The van der Waals surface area contributed by atoms with Crippen LogP contribution in [-0.2, 0) is 10.9 Å². The number of halogens is 4. The molecule has 8 heteroatoms. The molecule has 0 N–H and O–H groups in total. The minimum Gasteiger partial charge on any atom is -0.496 e. The highest BCUT2D eigenvalue weighted by atomic mass is 35.5. The number of methoxy groups -OCH3 is 2. The molecule has 0 fully saturated rings.